The molecule has 0 radical (unpaired) electrons. The number of hydrogen-bond donors (Lipinski definition) is 1. The second-order valence-corrected chi connectivity index (χ2v) is 9.38. The number of aromatic nitrogens is 2. The maximum Gasteiger partial charge on any atom is 0.225 e. The van der Waals surface area contributed by atoms with E-state index in [1.807, 2.05) is 24.1 Å². The van der Waals surface area contributed by atoms with Crippen LogP contribution in [0.1, 0.15) is 38.3 Å². The van der Waals surface area contributed by atoms with Gasteiger partial charge in [-0.2, -0.15) is 0 Å². The lowest BCUT2D eigenvalue weighted by Gasteiger charge is -2.60. The van der Waals surface area contributed by atoms with Gasteiger partial charge in [-0.25, -0.2) is 4.98 Å². The molecule has 5 heteroatoms. The van der Waals surface area contributed by atoms with E-state index < -0.39 is 5.60 Å². The number of likely N-dealkylation sites (tertiary alicyclic amines) is 1. The Morgan fingerprint density at radius 3 is 2.73 bits per heavy atom. The van der Waals surface area contributed by atoms with E-state index in [4.69, 9.17) is 0 Å². The molecule has 2 aromatic heterocycles. The zero-order valence-corrected chi connectivity index (χ0v) is 15.6. The summed E-state index contributed by atoms with van der Waals surface area (Å²) in [6.45, 7) is 6.86. The van der Waals surface area contributed by atoms with Gasteiger partial charge in [0.05, 0.1) is 5.60 Å². The molecule has 26 heavy (non-hydrogen) atoms. The molecule has 2 aromatic rings. The minimum atomic E-state index is -0.615. The first kappa shape index (κ1) is 16.3. The summed E-state index contributed by atoms with van der Waals surface area (Å²) in [7, 11) is 0. The van der Waals surface area contributed by atoms with Crippen molar-refractivity contribution < 1.29 is 9.90 Å². The first-order valence-corrected chi connectivity index (χ1v) is 9.76. The van der Waals surface area contributed by atoms with Crippen molar-refractivity contribution in [2.45, 2.75) is 51.7 Å². The summed E-state index contributed by atoms with van der Waals surface area (Å²) in [4.78, 5) is 19.0. The molecule has 1 saturated heterocycles. The number of aliphatic hydroxyl groups is 1. The molecule has 0 unspecified atom stereocenters. The third kappa shape index (κ3) is 2.48. The van der Waals surface area contributed by atoms with Gasteiger partial charge in [-0.3, -0.25) is 4.79 Å². The molecule has 1 aliphatic heterocycles. The molecule has 3 fully saturated rings. The second kappa shape index (κ2) is 5.32. The van der Waals surface area contributed by atoms with Crippen LogP contribution in [-0.4, -0.2) is 44.2 Å². The van der Waals surface area contributed by atoms with E-state index in [9.17, 15) is 9.90 Å². The molecule has 2 aliphatic carbocycles. The lowest BCUT2D eigenvalue weighted by atomic mass is 9.57. The van der Waals surface area contributed by atoms with E-state index in [0.29, 0.717) is 24.2 Å². The van der Waals surface area contributed by atoms with Gasteiger partial charge in [0.25, 0.3) is 0 Å². The SMILES string of the molecule is Cc1cc2cccnc2n1CC1CC2(C1)CN(C(=O)C1CC(C)(O)C1)C2. The highest BCUT2D eigenvalue weighted by molar-refractivity contribution is 5.81. The molecule has 5 nitrogen and oxygen atoms in total. The van der Waals surface area contributed by atoms with Gasteiger partial charge in [0.1, 0.15) is 5.65 Å². The van der Waals surface area contributed by atoms with Crippen LogP contribution in [0, 0.1) is 24.2 Å². The van der Waals surface area contributed by atoms with Gasteiger partial charge in [-0.05, 0) is 63.6 Å². The van der Waals surface area contributed by atoms with Gasteiger partial charge >= 0.3 is 0 Å². The number of carbonyl (C=O) groups excluding carboxylic acids is 1. The Bertz CT molecular complexity index is 863. The number of hydrogen-bond acceptors (Lipinski definition) is 3. The fourth-order valence-corrected chi connectivity index (χ4v) is 5.61. The molecular weight excluding hydrogens is 326 g/mol. The van der Waals surface area contributed by atoms with E-state index in [0.717, 1.165) is 25.3 Å². The molecule has 1 amide bonds. The number of nitrogens with zero attached hydrogens (tertiary/aromatic N) is 3. The monoisotopic (exact) mass is 353 g/mol. The van der Waals surface area contributed by atoms with E-state index in [-0.39, 0.29) is 11.8 Å². The number of carbonyl (C=O) groups is 1. The lowest BCUT2D eigenvalue weighted by molar-refractivity contribution is -0.171. The molecule has 0 aromatic carbocycles. The van der Waals surface area contributed by atoms with Crippen molar-refractivity contribution >= 4 is 16.9 Å². The van der Waals surface area contributed by atoms with Gasteiger partial charge in [0.15, 0.2) is 0 Å². The van der Waals surface area contributed by atoms with E-state index >= 15 is 0 Å². The van der Waals surface area contributed by atoms with Gasteiger partial charge in [0, 0.05) is 48.2 Å². The first-order chi connectivity index (χ1) is 12.3. The summed E-state index contributed by atoms with van der Waals surface area (Å²) >= 11 is 0. The summed E-state index contributed by atoms with van der Waals surface area (Å²) in [5, 5.41) is 11.1. The van der Waals surface area contributed by atoms with Crippen molar-refractivity contribution in [3.63, 3.8) is 0 Å². The molecule has 3 aliphatic rings. The van der Waals surface area contributed by atoms with Crippen molar-refractivity contribution in [2.75, 3.05) is 13.1 Å². The van der Waals surface area contributed by atoms with Crippen molar-refractivity contribution in [1.29, 1.82) is 0 Å². The number of rotatable bonds is 3. The van der Waals surface area contributed by atoms with E-state index in [1.165, 1.54) is 23.9 Å². The topological polar surface area (TPSA) is 58.4 Å². The second-order valence-electron chi connectivity index (χ2n) is 9.38. The largest absolute Gasteiger partial charge is 0.390 e. The van der Waals surface area contributed by atoms with Gasteiger partial charge in [0.2, 0.25) is 5.91 Å². The number of aryl methyl sites for hydroxylation is 1. The van der Waals surface area contributed by atoms with Gasteiger partial charge in [-0.1, -0.05) is 0 Å². The summed E-state index contributed by atoms with van der Waals surface area (Å²) in [5.74, 6) is 1.01. The first-order valence-electron chi connectivity index (χ1n) is 9.76. The van der Waals surface area contributed by atoms with Crippen molar-refractivity contribution in [1.82, 2.24) is 14.5 Å². The minimum absolute atomic E-state index is 0.0539. The normalized spacial score (nSPS) is 30.1. The van der Waals surface area contributed by atoms with Crippen LogP contribution in [0.4, 0.5) is 0 Å². The Hall–Kier alpha value is -1.88. The zero-order valence-electron chi connectivity index (χ0n) is 15.6. The predicted octanol–water partition coefficient (Wildman–Crippen LogP) is 2.74. The quantitative estimate of drug-likeness (QED) is 0.923. The van der Waals surface area contributed by atoms with Crippen LogP contribution in [0.5, 0.6) is 0 Å². The van der Waals surface area contributed by atoms with Crippen LogP contribution in [0.25, 0.3) is 11.0 Å². The Balaban J connectivity index is 1.16. The van der Waals surface area contributed by atoms with Crippen LogP contribution in [0.2, 0.25) is 0 Å². The third-order valence-corrected chi connectivity index (χ3v) is 6.83. The maximum atomic E-state index is 12.5. The van der Waals surface area contributed by atoms with Crippen molar-refractivity contribution in [3.05, 3.63) is 30.1 Å². The molecule has 2 saturated carbocycles. The number of amides is 1. The third-order valence-electron chi connectivity index (χ3n) is 6.83. The number of fused-ring (bicyclic) bond motifs is 1. The number of pyridine rings is 1. The highest BCUT2D eigenvalue weighted by Crippen LogP contribution is 2.53. The average Bonchev–Trinajstić information content (AvgIpc) is 2.81. The molecule has 1 spiro atoms. The highest BCUT2D eigenvalue weighted by atomic mass is 16.3. The van der Waals surface area contributed by atoms with Crippen LogP contribution < -0.4 is 0 Å². The van der Waals surface area contributed by atoms with E-state index in [2.05, 4.69) is 28.6 Å². The highest BCUT2D eigenvalue weighted by Gasteiger charge is 2.55. The molecule has 138 valence electrons. The summed E-state index contributed by atoms with van der Waals surface area (Å²) in [6, 6.07) is 6.33. The lowest BCUT2D eigenvalue weighted by Crippen LogP contribution is -2.66. The zero-order chi connectivity index (χ0) is 18.1. The van der Waals surface area contributed by atoms with Gasteiger partial charge < -0.3 is 14.6 Å². The van der Waals surface area contributed by atoms with Crippen LogP contribution in [-0.2, 0) is 11.3 Å². The van der Waals surface area contributed by atoms with Crippen LogP contribution in [0.3, 0.4) is 0 Å². The maximum absolute atomic E-state index is 12.5. The van der Waals surface area contributed by atoms with Crippen molar-refractivity contribution in [2.24, 2.45) is 17.3 Å². The smallest absolute Gasteiger partial charge is 0.225 e. The average molecular weight is 353 g/mol. The fraction of sp³-hybridized carbons (Fsp3) is 0.619. The van der Waals surface area contributed by atoms with Crippen LogP contribution >= 0.6 is 0 Å². The molecule has 1 N–H and O–H groups in total. The molecule has 3 heterocycles. The Labute approximate surface area is 154 Å². The summed E-state index contributed by atoms with van der Waals surface area (Å²) < 4.78 is 2.35. The Morgan fingerprint density at radius 2 is 2.04 bits per heavy atom. The summed E-state index contributed by atoms with van der Waals surface area (Å²) in [6.07, 6.45) is 5.56. The van der Waals surface area contributed by atoms with Crippen LogP contribution in [0.15, 0.2) is 24.4 Å². The Morgan fingerprint density at radius 1 is 1.31 bits per heavy atom. The Kier molecular flexibility index (Phi) is 3.34. The molecule has 5 rings (SSSR count). The molecular formula is C21H27N3O2. The van der Waals surface area contributed by atoms with Gasteiger partial charge in [-0.15, -0.1) is 0 Å². The fourth-order valence-electron chi connectivity index (χ4n) is 5.61. The minimum Gasteiger partial charge on any atom is -0.390 e. The van der Waals surface area contributed by atoms with E-state index in [1.54, 1.807) is 0 Å². The van der Waals surface area contributed by atoms with Crippen molar-refractivity contribution in [3.8, 4) is 0 Å². The molecule has 0 atom stereocenters. The molecule has 0 bridgehead atoms. The predicted molar refractivity (Wildman–Crippen MR) is 99.6 cm³/mol. The standard InChI is InChI=1S/C21H27N3O2/c1-14-6-16-4-3-5-22-18(16)24(14)11-15-7-21(8-15)12-23(13-21)19(25)17-9-20(2,26)10-17/h3-6,15,17,26H,7-13H2,1-2H3. The summed E-state index contributed by atoms with van der Waals surface area (Å²) in [5.41, 5.74) is 2.13.